The van der Waals surface area contributed by atoms with Crippen molar-refractivity contribution in [1.29, 1.82) is 0 Å². The van der Waals surface area contributed by atoms with Gasteiger partial charge in [0.2, 0.25) is 0 Å². The number of hydrogen-bond acceptors (Lipinski definition) is 6. The smallest absolute Gasteiger partial charge is 0.320 e. The van der Waals surface area contributed by atoms with Gasteiger partial charge in [0, 0.05) is 13.1 Å². The summed E-state index contributed by atoms with van der Waals surface area (Å²) in [5.41, 5.74) is 0. The van der Waals surface area contributed by atoms with E-state index in [2.05, 4.69) is 10.6 Å². The Kier molecular flexibility index (Phi) is 12.0. The summed E-state index contributed by atoms with van der Waals surface area (Å²) in [4.78, 5) is 22.0. The Balaban J connectivity index is 3.94. The van der Waals surface area contributed by atoms with Gasteiger partial charge in [-0.2, -0.15) is 23.5 Å². The van der Waals surface area contributed by atoms with Crippen LogP contribution in [0.5, 0.6) is 0 Å². The molecule has 0 aromatic carbocycles. The first-order chi connectivity index (χ1) is 9.52. The van der Waals surface area contributed by atoms with E-state index in [1.165, 1.54) is 0 Å². The lowest BCUT2D eigenvalue weighted by atomic mass is 10.2. The van der Waals surface area contributed by atoms with E-state index in [1.54, 1.807) is 23.5 Å². The highest BCUT2D eigenvalue weighted by molar-refractivity contribution is 7.98. The summed E-state index contributed by atoms with van der Waals surface area (Å²) in [6, 6.07) is -1.14. The number of hydrogen-bond donors (Lipinski definition) is 4. The average molecular weight is 324 g/mol. The lowest BCUT2D eigenvalue weighted by Crippen LogP contribution is -2.44. The van der Waals surface area contributed by atoms with Crippen LogP contribution in [0.3, 0.4) is 0 Å². The molecule has 2 atom stereocenters. The minimum Gasteiger partial charge on any atom is -0.480 e. The maximum Gasteiger partial charge on any atom is 0.320 e. The molecule has 0 aliphatic carbocycles. The molecule has 0 unspecified atom stereocenters. The lowest BCUT2D eigenvalue weighted by molar-refractivity contribution is -0.140. The van der Waals surface area contributed by atoms with Crippen molar-refractivity contribution >= 4 is 35.5 Å². The van der Waals surface area contributed by atoms with Gasteiger partial charge >= 0.3 is 11.9 Å². The van der Waals surface area contributed by atoms with Gasteiger partial charge in [-0.25, -0.2) is 0 Å². The molecular formula is C12H24N2O4S2. The second-order valence-corrected chi connectivity index (χ2v) is 6.22. The summed E-state index contributed by atoms with van der Waals surface area (Å²) in [7, 11) is 0. The average Bonchev–Trinajstić information content (AvgIpc) is 2.40. The van der Waals surface area contributed by atoms with Crippen molar-refractivity contribution in [3.8, 4) is 0 Å². The quantitative estimate of drug-likeness (QED) is 0.365. The van der Waals surface area contributed by atoms with Crippen LogP contribution in [0.25, 0.3) is 0 Å². The molecule has 0 aromatic heterocycles. The summed E-state index contributed by atoms with van der Waals surface area (Å²) in [6.07, 6.45) is 4.99. The third-order valence-electron chi connectivity index (χ3n) is 2.72. The molecule has 0 aliphatic heterocycles. The highest BCUT2D eigenvalue weighted by atomic mass is 32.2. The minimum atomic E-state index is -0.865. The zero-order valence-corrected chi connectivity index (χ0v) is 13.6. The van der Waals surface area contributed by atoms with E-state index in [9.17, 15) is 9.59 Å². The summed E-state index contributed by atoms with van der Waals surface area (Å²) in [5, 5.41) is 23.9. The molecule has 0 aliphatic rings. The molecule has 0 spiro atoms. The van der Waals surface area contributed by atoms with Gasteiger partial charge < -0.3 is 20.8 Å². The molecule has 0 radical (unpaired) electrons. The topological polar surface area (TPSA) is 98.7 Å². The number of thioether (sulfide) groups is 2. The number of carboxylic acid groups (broad SMARTS) is 2. The first-order valence-electron chi connectivity index (χ1n) is 6.43. The van der Waals surface area contributed by atoms with Gasteiger partial charge in [0.1, 0.15) is 12.1 Å². The summed E-state index contributed by atoms with van der Waals surface area (Å²) in [6.45, 7) is 0.878. The van der Waals surface area contributed by atoms with Gasteiger partial charge in [0.25, 0.3) is 0 Å². The van der Waals surface area contributed by atoms with Crippen molar-refractivity contribution in [2.45, 2.75) is 24.9 Å². The molecular weight excluding hydrogens is 300 g/mol. The Labute approximate surface area is 128 Å². The first kappa shape index (κ1) is 19.6. The van der Waals surface area contributed by atoms with E-state index in [1.807, 2.05) is 12.5 Å². The van der Waals surface area contributed by atoms with Crippen LogP contribution in [-0.2, 0) is 9.59 Å². The maximum absolute atomic E-state index is 11.0. The van der Waals surface area contributed by atoms with Gasteiger partial charge in [0.05, 0.1) is 0 Å². The molecule has 0 aromatic rings. The Hall–Kier alpha value is -0.440. The molecule has 6 nitrogen and oxygen atoms in total. The molecule has 0 amide bonds. The highest BCUT2D eigenvalue weighted by Crippen LogP contribution is 2.02. The van der Waals surface area contributed by atoms with Gasteiger partial charge in [-0.05, 0) is 36.9 Å². The monoisotopic (exact) mass is 324 g/mol. The van der Waals surface area contributed by atoms with Crippen molar-refractivity contribution in [3.63, 3.8) is 0 Å². The van der Waals surface area contributed by atoms with E-state index in [-0.39, 0.29) is 0 Å². The molecule has 20 heavy (non-hydrogen) atoms. The van der Waals surface area contributed by atoms with E-state index in [0.717, 1.165) is 11.5 Å². The van der Waals surface area contributed by atoms with Crippen LogP contribution in [0.2, 0.25) is 0 Å². The molecule has 0 saturated heterocycles. The maximum atomic E-state index is 11.0. The van der Waals surface area contributed by atoms with Gasteiger partial charge in [-0.15, -0.1) is 0 Å². The number of rotatable bonds is 13. The van der Waals surface area contributed by atoms with E-state index in [4.69, 9.17) is 10.2 Å². The van der Waals surface area contributed by atoms with Gasteiger partial charge in [-0.1, -0.05) is 0 Å². The largest absolute Gasteiger partial charge is 0.480 e. The molecule has 8 heteroatoms. The third-order valence-corrected chi connectivity index (χ3v) is 4.01. The number of carbonyl (C=O) groups is 2. The van der Waals surface area contributed by atoms with Crippen molar-refractivity contribution in [3.05, 3.63) is 0 Å². The van der Waals surface area contributed by atoms with E-state index >= 15 is 0 Å². The second kappa shape index (κ2) is 12.3. The normalized spacial score (nSPS) is 13.9. The minimum absolute atomic E-state index is 0.439. The molecule has 0 saturated carbocycles. The van der Waals surface area contributed by atoms with Crippen molar-refractivity contribution in [1.82, 2.24) is 10.6 Å². The fourth-order valence-electron chi connectivity index (χ4n) is 1.59. The zero-order chi connectivity index (χ0) is 15.4. The van der Waals surface area contributed by atoms with Crippen molar-refractivity contribution in [2.75, 3.05) is 37.1 Å². The SMILES string of the molecule is CSCC[C@H](NCCN[C@@H](CCSC)C(=O)O)C(=O)O. The number of nitrogens with one attached hydrogen (secondary N) is 2. The van der Waals surface area contributed by atoms with Crippen LogP contribution < -0.4 is 10.6 Å². The third kappa shape index (κ3) is 9.46. The van der Waals surface area contributed by atoms with Gasteiger partial charge in [-0.3, -0.25) is 9.59 Å². The lowest BCUT2D eigenvalue weighted by Gasteiger charge is -2.17. The molecule has 118 valence electrons. The molecule has 0 rings (SSSR count). The molecule has 0 heterocycles. The molecule has 0 bridgehead atoms. The highest BCUT2D eigenvalue weighted by Gasteiger charge is 2.18. The van der Waals surface area contributed by atoms with Crippen molar-refractivity contribution < 1.29 is 19.8 Å². The zero-order valence-electron chi connectivity index (χ0n) is 11.9. The number of carboxylic acids is 2. The van der Waals surface area contributed by atoms with Crippen LogP contribution in [0.15, 0.2) is 0 Å². The van der Waals surface area contributed by atoms with Crippen LogP contribution >= 0.6 is 23.5 Å². The van der Waals surface area contributed by atoms with Crippen LogP contribution in [-0.4, -0.2) is 71.3 Å². The summed E-state index contributed by atoms with van der Waals surface area (Å²) >= 11 is 3.21. The van der Waals surface area contributed by atoms with Crippen LogP contribution in [0.4, 0.5) is 0 Å². The van der Waals surface area contributed by atoms with E-state index < -0.39 is 24.0 Å². The standard InChI is InChI=1S/C12H24N2O4S2/c1-19-7-3-9(11(15)16)13-5-6-14-10(12(17)18)4-8-20-2/h9-10,13-14H,3-8H2,1-2H3,(H,15,16)(H,17,18)/t9-,10-/m0/s1. The first-order valence-corrected chi connectivity index (χ1v) is 9.22. The van der Waals surface area contributed by atoms with Crippen molar-refractivity contribution in [2.24, 2.45) is 0 Å². The Bertz CT molecular complexity index is 265. The predicted octanol–water partition coefficient (Wildman–Crippen LogP) is 0.578. The fourth-order valence-corrected chi connectivity index (χ4v) is 2.53. The fraction of sp³-hybridized carbons (Fsp3) is 0.833. The molecule has 0 fully saturated rings. The Morgan fingerprint density at radius 3 is 1.50 bits per heavy atom. The predicted molar refractivity (Wildman–Crippen MR) is 84.9 cm³/mol. The Morgan fingerprint density at radius 2 is 1.25 bits per heavy atom. The number of aliphatic carboxylic acids is 2. The molecule has 4 N–H and O–H groups in total. The Morgan fingerprint density at radius 1 is 0.900 bits per heavy atom. The summed E-state index contributed by atoms with van der Waals surface area (Å²) < 4.78 is 0. The summed E-state index contributed by atoms with van der Waals surface area (Å²) in [5.74, 6) is -0.168. The van der Waals surface area contributed by atoms with Crippen LogP contribution in [0.1, 0.15) is 12.8 Å². The van der Waals surface area contributed by atoms with E-state index in [0.29, 0.717) is 25.9 Å². The second-order valence-electron chi connectivity index (χ2n) is 4.25. The van der Waals surface area contributed by atoms with Crippen LogP contribution in [0, 0.1) is 0 Å². The van der Waals surface area contributed by atoms with Gasteiger partial charge in [0.15, 0.2) is 0 Å².